The van der Waals surface area contributed by atoms with Crippen molar-refractivity contribution in [2.24, 2.45) is 5.41 Å². The molecule has 5 nitrogen and oxygen atoms in total. The maximum Gasteiger partial charge on any atom is 0.407 e. The van der Waals surface area contributed by atoms with Crippen LogP contribution in [0.1, 0.15) is 40.5 Å². The molecule has 1 aliphatic rings. The Morgan fingerprint density at radius 2 is 2.00 bits per heavy atom. The molecule has 0 aliphatic carbocycles. The fourth-order valence-corrected chi connectivity index (χ4v) is 4.35. The summed E-state index contributed by atoms with van der Waals surface area (Å²) in [5, 5.41) is 2.66. The van der Waals surface area contributed by atoms with Gasteiger partial charge >= 0.3 is 6.09 Å². The molecule has 0 spiro atoms. The molecular formula is C12H23NO4S. The normalized spacial score (nSPS) is 26.9. The third-order valence-corrected chi connectivity index (χ3v) is 4.94. The molecule has 1 fully saturated rings. The molecule has 1 heterocycles. The lowest BCUT2D eigenvalue weighted by Gasteiger charge is -2.23. The summed E-state index contributed by atoms with van der Waals surface area (Å²) in [7, 11) is -2.88. The molecule has 106 valence electrons. The number of hydrogen-bond donors (Lipinski definition) is 1. The number of rotatable bonds is 3. The van der Waals surface area contributed by atoms with Gasteiger partial charge in [-0.25, -0.2) is 13.2 Å². The molecule has 0 bridgehead atoms. The zero-order chi connectivity index (χ0) is 14.0. The van der Waals surface area contributed by atoms with Crippen LogP contribution in [0.25, 0.3) is 0 Å². The van der Waals surface area contributed by atoms with Crippen molar-refractivity contribution in [3.8, 4) is 0 Å². The molecule has 1 rings (SSSR count). The summed E-state index contributed by atoms with van der Waals surface area (Å²) < 4.78 is 27.9. The molecule has 1 atom stereocenters. The van der Waals surface area contributed by atoms with Gasteiger partial charge in [0.2, 0.25) is 0 Å². The molecule has 6 heteroatoms. The second-order valence-corrected chi connectivity index (χ2v) is 8.52. The average molecular weight is 277 g/mol. The third kappa shape index (κ3) is 5.25. The lowest BCUT2D eigenvalue weighted by Crippen LogP contribution is -2.35. The highest BCUT2D eigenvalue weighted by Crippen LogP contribution is 2.34. The standard InChI is InChI=1S/C12H23NO4S/c1-11(2,3)17-10(14)13-7-5-12(4)6-8-18(15,16)9-12/h5-9H2,1-4H3,(H,13,14). The zero-order valence-electron chi connectivity index (χ0n) is 11.6. The first-order chi connectivity index (χ1) is 8.02. The number of nitrogens with one attached hydrogen (secondary N) is 1. The van der Waals surface area contributed by atoms with Gasteiger partial charge in [-0.15, -0.1) is 0 Å². The van der Waals surface area contributed by atoms with Crippen molar-refractivity contribution in [3.05, 3.63) is 0 Å². The summed E-state index contributed by atoms with van der Waals surface area (Å²) in [6.45, 7) is 7.81. The van der Waals surface area contributed by atoms with Gasteiger partial charge in [0.15, 0.2) is 9.84 Å². The Balaban J connectivity index is 2.33. The van der Waals surface area contributed by atoms with Crippen molar-refractivity contribution in [2.75, 3.05) is 18.1 Å². The fraction of sp³-hybridized carbons (Fsp3) is 0.917. The minimum atomic E-state index is -2.88. The Labute approximate surface area is 109 Å². The van der Waals surface area contributed by atoms with Gasteiger partial charge < -0.3 is 10.1 Å². The SMILES string of the molecule is CC1(CCNC(=O)OC(C)(C)C)CCS(=O)(=O)C1. The average Bonchev–Trinajstić information content (AvgIpc) is 2.37. The van der Waals surface area contributed by atoms with Crippen molar-refractivity contribution in [2.45, 2.75) is 46.1 Å². The molecule has 1 unspecified atom stereocenters. The van der Waals surface area contributed by atoms with Crippen LogP contribution in [0.15, 0.2) is 0 Å². The molecule has 1 N–H and O–H groups in total. The number of ether oxygens (including phenoxy) is 1. The summed E-state index contributed by atoms with van der Waals surface area (Å²) in [5.41, 5.74) is -0.724. The van der Waals surface area contributed by atoms with Gasteiger partial charge in [0, 0.05) is 6.54 Å². The minimum Gasteiger partial charge on any atom is -0.444 e. The first-order valence-electron chi connectivity index (χ1n) is 6.19. The Morgan fingerprint density at radius 1 is 1.39 bits per heavy atom. The Kier molecular flexibility index (Phi) is 4.30. The van der Waals surface area contributed by atoms with Crippen molar-refractivity contribution < 1.29 is 17.9 Å². The van der Waals surface area contributed by atoms with Crippen LogP contribution in [0.4, 0.5) is 4.79 Å². The van der Waals surface area contributed by atoms with E-state index in [0.717, 1.165) is 0 Å². The summed E-state index contributed by atoms with van der Waals surface area (Å²) >= 11 is 0. The predicted molar refractivity (Wildman–Crippen MR) is 70.2 cm³/mol. The lowest BCUT2D eigenvalue weighted by atomic mass is 9.86. The largest absolute Gasteiger partial charge is 0.444 e. The molecule has 0 aromatic heterocycles. The van der Waals surface area contributed by atoms with Crippen LogP contribution >= 0.6 is 0 Å². The Morgan fingerprint density at radius 3 is 2.44 bits per heavy atom. The van der Waals surface area contributed by atoms with Crippen LogP contribution in [0.3, 0.4) is 0 Å². The topological polar surface area (TPSA) is 72.5 Å². The minimum absolute atomic E-state index is 0.214. The van der Waals surface area contributed by atoms with Crippen LogP contribution < -0.4 is 5.32 Å². The zero-order valence-corrected chi connectivity index (χ0v) is 12.4. The molecule has 0 aromatic carbocycles. The first-order valence-corrected chi connectivity index (χ1v) is 8.01. The van der Waals surface area contributed by atoms with E-state index in [-0.39, 0.29) is 16.9 Å². The van der Waals surface area contributed by atoms with E-state index < -0.39 is 21.5 Å². The van der Waals surface area contributed by atoms with E-state index in [0.29, 0.717) is 19.4 Å². The van der Waals surface area contributed by atoms with Crippen LogP contribution in [-0.2, 0) is 14.6 Å². The van der Waals surface area contributed by atoms with Gasteiger partial charge in [0.25, 0.3) is 0 Å². The van der Waals surface area contributed by atoms with Gasteiger partial charge in [-0.2, -0.15) is 0 Å². The smallest absolute Gasteiger partial charge is 0.407 e. The number of hydrogen-bond acceptors (Lipinski definition) is 4. The molecule has 1 amide bonds. The quantitative estimate of drug-likeness (QED) is 0.852. The van der Waals surface area contributed by atoms with E-state index in [1.807, 2.05) is 6.92 Å². The third-order valence-electron chi connectivity index (χ3n) is 2.98. The highest BCUT2D eigenvalue weighted by Gasteiger charge is 2.37. The van der Waals surface area contributed by atoms with Gasteiger partial charge in [-0.05, 0) is 39.0 Å². The van der Waals surface area contributed by atoms with Crippen LogP contribution in [-0.4, -0.2) is 38.2 Å². The van der Waals surface area contributed by atoms with Crippen LogP contribution in [0.2, 0.25) is 0 Å². The summed E-state index contributed by atoms with van der Waals surface area (Å²) in [6.07, 6.45) is 0.878. The molecule has 0 aromatic rings. The molecular weight excluding hydrogens is 254 g/mol. The molecule has 0 radical (unpaired) electrons. The number of sulfone groups is 1. The first kappa shape index (κ1) is 15.3. The van der Waals surface area contributed by atoms with Crippen LogP contribution in [0, 0.1) is 5.41 Å². The van der Waals surface area contributed by atoms with Crippen molar-refractivity contribution in [3.63, 3.8) is 0 Å². The predicted octanol–water partition coefficient (Wildman–Crippen LogP) is 1.73. The lowest BCUT2D eigenvalue weighted by molar-refractivity contribution is 0.0522. The van der Waals surface area contributed by atoms with Gasteiger partial charge in [-0.1, -0.05) is 6.92 Å². The van der Waals surface area contributed by atoms with Crippen molar-refractivity contribution in [1.82, 2.24) is 5.32 Å². The van der Waals surface area contributed by atoms with E-state index in [9.17, 15) is 13.2 Å². The Hall–Kier alpha value is -0.780. The monoisotopic (exact) mass is 277 g/mol. The number of carbonyl (C=O) groups excluding carboxylic acids is 1. The van der Waals surface area contributed by atoms with E-state index in [1.54, 1.807) is 20.8 Å². The number of alkyl carbamates (subject to hydrolysis) is 1. The summed E-state index contributed by atoms with van der Waals surface area (Å²) in [6, 6.07) is 0. The number of amides is 1. The summed E-state index contributed by atoms with van der Waals surface area (Å²) in [5.74, 6) is 0.478. The number of carbonyl (C=O) groups is 1. The van der Waals surface area contributed by atoms with Crippen LogP contribution in [0.5, 0.6) is 0 Å². The molecule has 1 aliphatic heterocycles. The fourth-order valence-electron chi connectivity index (χ4n) is 2.05. The van der Waals surface area contributed by atoms with Crippen molar-refractivity contribution >= 4 is 15.9 Å². The molecule has 18 heavy (non-hydrogen) atoms. The van der Waals surface area contributed by atoms with E-state index in [2.05, 4.69) is 5.32 Å². The second kappa shape index (κ2) is 5.07. The molecule has 1 saturated heterocycles. The van der Waals surface area contributed by atoms with Gasteiger partial charge in [-0.3, -0.25) is 0 Å². The highest BCUT2D eigenvalue weighted by atomic mass is 32.2. The van der Waals surface area contributed by atoms with E-state index >= 15 is 0 Å². The highest BCUT2D eigenvalue weighted by molar-refractivity contribution is 7.91. The van der Waals surface area contributed by atoms with E-state index in [4.69, 9.17) is 4.74 Å². The second-order valence-electron chi connectivity index (χ2n) is 6.33. The van der Waals surface area contributed by atoms with E-state index in [1.165, 1.54) is 0 Å². The Bertz CT molecular complexity index is 410. The summed E-state index contributed by atoms with van der Waals surface area (Å²) in [4.78, 5) is 11.4. The maximum absolute atomic E-state index is 11.4. The molecule has 0 saturated carbocycles. The van der Waals surface area contributed by atoms with Gasteiger partial charge in [0.05, 0.1) is 11.5 Å². The van der Waals surface area contributed by atoms with Crippen molar-refractivity contribution in [1.29, 1.82) is 0 Å². The maximum atomic E-state index is 11.4. The van der Waals surface area contributed by atoms with Gasteiger partial charge in [0.1, 0.15) is 5.60 Å².